The summed E-state index contributed by atoms with van der Waals surface area (Å²) in [7, 11) is 0. The fourth-order valence-electron chi connectivity index (χ4n) is 3.79. The number of ketones is 1. The molecule has 0 bridgehead atoms. The van der Waals surface area contributed by atoms with Gasteiger partial charge < -0.3 is 14.8 Å². The maximum absolute atomic E-state index is 14.0. The standard InChI is InChI=1S/C26H21Cl3FN3O4/c1-2-36-7-8-37-26-18(12-16(30)13-31-26)25(35)33-24-21(34)9-14-5-3-4-6-17(14)23(32-24)22-19(28)10-15(27)11-20(22)29/h3-6,10-13,24H,2,7-9H2,1H3,(H,33,35)/t24-/m0/s1. The first-order chi connectivity index (χ1) is 17.8. The molecule has 37 heavy (non-hydrogen) atoms. The predicted octanol–water partition coefficient (Wildman–Crippen LogP) is 5.31. The lowest BCUT2D eigenvalue weighted by atomic mass is 9.96. The van der Waals surface area contributed by atoms with Gasteiger partial charge in [-0.2, -0.15) is 0 Å². The molecule has 4 rings (SSSR count). The van der Waals surface area contributed by atoms with Crippen molar-refractivity contribution < 1.29 is 23.5 Å². The summed E-state index contributed by atoms with van der Waals surface area (Å²) in [6.07, 6.45) is -0.408. The van der Waals surface area contributed by atoms with Crippen LogP contribution in [0.25, 0.3) is 0 Å². The molecular weight excluding hydrogens is 544 g/mol. The van der Waals surface area contributed by atoms with E-state index in [2.05, 4.69) is 15.3 Å². The van der Waals surface area contributed by atoms with Crippen molar-refractivity contribution in [3.63, 3.8) is 0 Å². The summed E-state index contributed by atoms with van der Waals surface area (Å²) in [4.78, 5) is 34.8. The zero-order valence-electron chi connectivity index (χ0n) is 19.6. The lowest BCUT2D eigenvalue weighted by Crippen LogP contribution is -2.40. The number of hydrogen-bond donors (Lipinski definition) is 1. The monoisotopic (exact) mass is 563 g/mol. The molecule has 0 spiro atoms. The molecule has 0 saturated heterocycles. The first-order valence-electron chi connectivity index (χ1n) is 11.3. The molecule has 0 unspecified atom stereocenters. The maximum atomic E-state index is 14.0. The van der Waals surface area contributed by atoms with Gasteiger partial charge in [-0.3, -0.25) is 14.6 Å². The van der Waals surface area contributed by atoms with Gasteiger partial charge in [-0.25, -0.2) is 9.37 Å². The average Bonchev–Trinajstić information content (AvgIpc) is 2.98. The van der Waals surface area contributed by atoms with Gasteiger partial charge in [0.2, 0.25) is 5.88 Å². The van der Waals surface area contributed by atoms with Crippen molar-refractivity contribution in [3.8, 4) is 5.88 Å². The van der Waals surface area contributed by atoms with Gasteiger partial charge in [0.1, 0.15) is 18.0 Å². The Bertz CT molecular complexity index is 1360. The van der Waals surface area contributed by atoms with Crippen molar-refractivity contribution in [1.29, 1.82) is 0 Å². The third-order valence-corrected chi connectivity index (χ3v) is 6.26. The van der Waals surface area contributed by atoms with Gasteiger partial charge in [0.15, 0.2) is 11.9 Å². The van der Waals surface area contributed by atoms with Crippen molar-refractivity contribution in [3.05, 3.63) is 91.8 Å². The topological polar surface area (TPSA) is 89.9 Å². The highest BCUT2D eigenvalue weighted by Crippen LogP contribution is 2.33. The van der Waals surface area contributed by atoms with Crippen LogP contribution in [0.5, 0.6) is 5.88 Å². The summed E-state index contributed by atoms with van der Waals surface area (Å²) in [5.41, 5.74) is 1.79. The van der Waals surface area contributed by atoms with Crippen LogP contribution in [0, 0.1) is 5.82 Å². The zero-order chi connectivity index (χ0) is 26.5. The number of nitrogens with zero attached hydrogens (tertiary/aromatic N) is 2. The van der Waals surface area contributed by atoms with Crippen molar-refractivity contribution in [2.24, 2.45) is 4.99 Å². The van der Waals surface area contributed by atoms with E-state index in [0.717, 1.165) is 12.3 Å². The lowest BCUT2D eigenvalue weighted by molar-refractivity contribution is -0.120. The first kappa shape index (κ1) is 27.0. The van der Waals surface area contributed by atoms with Gasteiger partial charge in [0.05, 0.1) is 28.6 Å². The molecular formula is C26H21Cl3FN3O4. The fraction of sp³-hybridized carbons (Fsp3) is 0.231. The molecule has 0 saturated carbocycles. The second kappa shape index (κ2) is 12.0. The van der Waals surface area contributed by atoms with Crippen LogP contribution in [-0.4, -0.2) is 48.4 Å². The van der Waals surface area contributed by atoms with Crippen LogP contribution in [0.3, 0.4) is 0 Å². The second-order valence-corrected chi connectivity index (χ2v) is 9.20. The number of amides is 1. The molecule has 1 amide bonds. The van der Waals surface area contributed by atoms with E-state index in [-0.39, 0.29) is 46.9 Å². The van der Waals surface area contributed by atoms with Gasteiger partial charge >= 0.3 is 0 Å². The third-order valence-electron chi connectivity index (χ3n) is 5.44. The molecule has 2 aromatic carbocycles. The van der Waals surface area contributed by atoms with Crippen LogP contribution in [0.4, 0.5) is 4.39 Å². The number of pyridine rings is 1. The summed E-state index contributed by atoms with van der Waals surface area (Å²) >= 11 is 19.1. The van der Waals surface area contributed by atoms with Crippen LogP contribution in [0.1, 0.15) is 34.0 Å². The number of hydrogen-bond acceptors (Lipinski definition) is 6. The van der Waals surface area contributed by atoms with Crippen LogP contribution >= 0.6 is 34.8 Å². The number of carbonyl (C=O) groups is 2. The van der Waals surface area contributed by atoms with E-state index < -0.39 is 17.9 Å². The Morgan fingerprint density at radius 2 is 1.86 bits per heavy atom. The summed E-state index contributed by atoms with van der Waals surface area (Å²) in [6, 6.07) is 11.2. The van der Waals surface area contributed by atoms with Gasteiger partial charge in [-0.05, 0) is 30.7 Å². The van der Waals surface area contributed by atoms with Crippen LogP contribution in [-0.2, 0) is 16.0 Å². The SMILES string of the molecule is CCOCCOc1ncc(F)cc1C(=O)N[C@@H]1N=C(c2c(Cl)cc(Cl)cc2Cl)c2ccccc2CC1=O. The van der Waals surface area contributed by atoms with Crippen molar-refractivity contribution >= 4 is 52.2 Å². The number of nitrogens with one attached hydrogen (secondary N) is 1. The molecule has 1 N–H and O–H groups in total. The minimum atomic E-state index is -1.32. The number of carbonyl (C=O) groups excluding carboxylic acids is 2. The lowest BCUT2D eigenvalue weighted by Gasteiger charge is -2.16. The molecule has 1 aliphatic heterocycles. The highest BCUT2D eigenvalue weighted by atomic mass is 35.5. The van der Waals surface area contributed by atoms with E-state index in [0.29, 0.717) is 34.0 Å². The largest absolute Gasteiger partial charge is 0.475 e. The quantitative estimate of drug-likeness (QED) is 0.374. The summed E-state index contributed by atoms with van der Waals surface area (Å²) in [5, 5.41) is 3.36. The highest BCUT2D eigenvalue weighted by Gasteiger charge is 2.30. The number of Topliss-reactive ketones (excluding diaryl/α,β-unsaturated/α-hetero) is 1. The number of ether oxygens (including phenoxy) is 2. The molecule has 2 heterocycles. The average molecular weight is 565 g/mol. The van der Waals surface area contributed by atoms with Crippen LogP contribution in [0.15, 0.2) is 53.7 Å². The Balaban J connectivity index is 1.72. The minimum absolute atomic E-state index is 0.0178. The third kappa shape index (κ3) is 6.27. The molecule has 7 nitrogen and oxygen atoms in total. The molecule has 192 valence electrons. The van der Waals surface area contributed by atoms with E-state index in [4.69, 9.17) is 44.3 Å². The van der Waals surface area contributed by atoms with Crippen LogP contribution < -0.4 is 10.1 Å². The Morgan fingerprint density at radius 3 is 2.59 bits per heavy atom. The Kier molecular flexibility index (Phi) is 8.76. The number of aliphatic imine (C=N–C) groups is 1. The number of benzene rings is 2. The van der Waals surface area contributed by atoms with Crippen molar-refractivity contribution in [2.75, 3.05) is 19.8 Å². The number of halogens is 4. The van der Waals surface area contributed by atoms with Crippen LogP contribution in [0.2, 0.25) is 15.1 Å². The molecule has 1 aromatic heterocycles. The smallest absolute Gasteiger partial charge is 0.258 e. The molecule has 3 aromatic rings. The minimum Gasteiger partial charge on any atom is -0.475 e. The molecule has 0 fully saturated rings. The fourth-order valence-corrected chi connectivity index (χ4v) is 4.78. The van der Waals surface area contributed by atoms with E-state index in [1.807, 2.05) is 6.92 Å². The first-order valence-corrected chi connectivity index (χ1v) is 12.4. The second-order valence-electron chi connectivity index (χ2n) is 7.95. The Labute approximate surface area is 227 Å². The van der Waals surface area contributed by atoms with Gasteiger partial charge in [0.25, 0.3) is 5.91 Å². The number of aromatic nitrogens is 1. The summed E-state index contributed by atoms with van der Waals surface area (Å²) in [5.74, 6) is -2.03. The predicted molar refractivity (Wildman–Crippen MR) is 140 cm³/mol. The molecule has 0 aliphatic carbocycles. The summed E-state index contributed by atoms with van der Waals surface area (Å²) in [6.45, 7) is 2.67. The van der Waals surface area contributed by atoms with E-state index in [9.17, 15) is 14.0 Å². The van der Waals surface area contributed by atoms with Gasteiger partial charge in [-0.15, -0.1) is 0 Å². The van der Waals surface area contributed by atoms with Gasteiger partial charge in [-0.1, -0.05) is 59.1 Å². The van der Waals surface area contributed by atoms with Gasteiger partial charge in [0, 0.05) is 29.2 Å². The molecule has 0 radical (unpaired) electrons. The molecule has 1 aliphatic rings. The highest BCUT2D eigenvalue weighted by molar-refractivity contribution is 6.43. The summed E-state index contributed by atoms with van der Waals surface area (Å²) < 4.78 is 24.7. The van der Waals surface area contributed by atoms with Crippen molar-refractivity contribution in [2.45, 2.75) is 19.5 Å². The molecule has 1 atom stereocenters. The van der Waals surface area contributed by atoms with E-state index in [1.54, 1.807) is 24.3 Å². The van der Waals surface area contributed by atoms with E-state index >= 15 is 0 Å². The van der Waals surface area contributed by atoms with E-state index in [1.165, 1.54) is 12.1 Å². The normalized spacial score (nSPS) is 15.0. The Morgan fingerprint density at radius 1 is 1.14 bits per heavy atom. The maximum Gasteiger partial charge on any atom is 0.258 e. The number of fused-ring (bicyclic) bond motifs is 1. The number of rotatable bonds is 8. The molecule has 11 heteroatoms. The Hall–Kier alpha value is -3.04. The zero-order valence-corrected chi connectivity index (χ0v) is 21.8. The van der Waals surface area contributed by atoms with Crippen molar-refractivity contribution in [1.82, 2.24) is 10.3 Å².